The molecule has 1 unspecified atom stereocenters. The van der Waals surface area contributed by atoms with Gasteiger partial charge in [-0.15, -0.1) is 0 Å². The minimum absolute atomic E-state index is 0.179. The van der Waals surface area contributed by atoms with E-state index in [2.05, 4.69) is 10.8 Å². The van der Waals surface area contributed by atoms with Crippen LogP contribution in [0.4, 0.5) is 0 Å². The van der Waals surface area contributed by atoms with E-state index in [-0.39, 0.29) is 26.0 Å². The maximum Gasteiger partial charge on any atom is 0.326 e. The summed E-state index contributed by atoms with van der Waals surface area (Å²) >= 11 is 0. The van der Waals surface area contributed by atoms with Gasteiger partial charge in [0.1, 0.15) is 6.04 Å². The van der Waals surface area contributed by atoms with Crippen molar-refractivity contribution in [3.63, 3.8) is 0 Å². The first-order valence-electron chi connectivity index (χ1n) is 6.61. The molecule has 0 saturated heterocycles. The number of nitrogens with one attached hydrogen (secondary N) is 2. The first-order valence-corrected chi connectivity index (χ1v) is 6.61. The molecule has 1 aromatic carbocycles. The average molecular weight is 310 g/mol. The smallest absolute Gasteiger partial charge is 0.326 e. The second kappa shape index (κ2) is 9.48. The zero-order valence-corrected chi connectivity index (χ0v) is 11.8. The lowest BCUT2D eigenvalue weighted by Crippen LogP contribution is -2.44. The summed E-state index contributed by atoms with van der Waals surface area (Å²) in [5.74, 6) is -2.99. The number of hydrogen-bond donors (Lipinski definition) is 4. The third kappa shape index (κ3) is 7.36. The van der Waals surface area contributed by atoms with Crippen molar-refractivity contribution in [2.75, 3.05) is 6.54 Å². The van der Waals surface area contributed by atoms with Gasteiger partial charge in [0, 0.05) is 6.42 Å². The monoisotopic (exact) mass is 310 g/mol. The molecular formula is C14H18N2O6. The molecule has 22 heavy (non-hydrogen) atoms. The molecule has 4 N–H and O–H groups in total. The van der Waals surface area contributed by atoms with Gasteiger partial charge in [0.2, 0.25) is 5.91 Å². The summed E-state index contributed by atoms with van der Waals surface area (Å²) in [5, 5.41) is 19.6. The molecule has 0 fully saturated rings. The Labute approximate surface area is 127 Å². The van der Waals surface area contributed by atoms with Gasteiger partial charge in [-0.05, 0) is 12.0 Å². The topological polar surface area (TPSA) is 125 Å². The van der Waals surface area contributed by atoms with E-state index in [1.807, 2.05) is 30.3 Å². The van der Waals surface area contributed by atoms with Crippen LogP contribution in [-0.2, 0) is 25.8 Å². The molecule has 1 aromatic rings. The van der Waals surface area contributed by atoms with Crippen LogP contribution >= 0.6 is 0 Å². The summed E-state index contributed by atoms with van der Waals surface area (Å²) < 4.78 is 0. The van der Waals surface area contributed by atoms with Gasteiger partial charge in [0.15, 0.2) is 0 Å². The van der Waals surface area contributed by atoms with Crippen molar-refractivity contribution in [3.05, 3.63) is 35.9 Å². The second-order valence-corrected chi connectivity index (χ2v) is 4.49. The second-order valence-electron chi connectivity index (χ2n) is 4.49. The molecule has 0 aliphatic heterocycles. The quantitative estimate of drug-likeness (QED) is 0.358. The van der Waals surface area contributed by atoms with Crippen molar-refractivity contribution >= 4 is 17.8 Å². The molecule has 120 valence electrons. The molecule has 1 atom stereocenters. The summed E-state index contributed by atoms with van der Waals surface area (Å²) in [6.45, 7) is 0.0270. The van der Waals surface area contributed by atoms with Gasteiger partial charge in [-0.3, -0.25) is 14.4 Å². The zero-order chi connectivity index (χ0) is 16.4. The molecular weight excluding hydrogens is 292 g/mol. The number of carboxylic acids is 2. The number of amides is 1. The van der Waals surface area contributed by atoms with E-state index in [9.17, 15) is 14.4 Å². The highest BCUT2D eigenvalue weighted by atomic mass is 16.6. The summed E-state index contributed by atoms with van der Waals surface area (Å²) in [6, 6.07) is 8.05. The molecule has 0 saturated carbocycles. The van der Waals surface area contributed by atoms with Gasteiger partial charge in [0.25, 0.3) is 0 Å². The summed E-state index contributed by atoms with van der Waals surface area (Å²) in [4.78, 5) is 38.0. The number of benzene rings is 1. The van der Waals surface area contributed by atoms with Crippen molar-refractivity contribution in [1.29, 1.82) is 0 Å². The maximum absolute atomic E-state index is 11.5. The highest BCUT2D eigenvalue weighted by Gasteiger charge is 2.20. The van der Waals surface area contributed by atoms with E-state index in [4.69, 9.17) is 15.1 Å². The summed E-state index contributed by atoms with van der Waals surface area (Å²) in [6.07, 6.45) is -0.517. The van der Waals surface area contributed by atoms with Gasteiger partial charge in [-0.1, -0.05) is 30.3 Å². The molecule has 8 nitrogen and oxygen atoms in total. The SMILES string of the molecule is O=C(O)CCC(NC(=O)CNOCc1ccccc1)C(=O)O. The Bertz CT molecular complexity index is 505. The average Bonchev–Trinajstić information content (AvgIpc) is 2.48. The molecule has 0 radical (unpaired) electrons. The number of carbonyl (C=O) groups is 3. The maximum atomic E-state index is 11.5. The molecule has 0 spiro atoms. The van der Waals surface area contributed by atoms with Gasteiger partial charge in [0.05, 0.1) is 13.2 Å². The minimum atomic E-state index is -1.28. The Kier molecular flexibility index (Phi) is 7.58. The van der Waals surface area contributed by atoms with Crippen molar-refractivity contribution in [2.45, 2.75) is 25.5 Å². The molecule has 0 bridgehead atoms. The zero-order valence-electron chi connectivity index (χ0n) is 11.8. The number of hydroxylamine groups is 1. The normalized spacial score (nSPS) is 11.6. The third-order valence-electron chi connectivity index (χ3n) is 2.70. The van der Waals surface area contributed by atoms with E-state index in [1.165, 1.54) is 0 Å². The first-order chi connectivity index (χ1) is 10.5. The van der Waals surface area contributed by atoms with Crippen LogP contribution in [0.15, 0.2) is 30.3 Å². The number of carbonyl (C=O) groups excluding carboxylic acids is 1. The minimum Gasteiger partial charge on any atom is -0.481 e. The Morgan fingerprint density at radius 2 is 1.82 bits per heavy atom. The van der Waals surface area contributed by atoms with E-state index in [0.717, 1.165) is 5.56 Å². The first kappa shape index (κ1) is 17.6. The molecule has 0 heterocycles. The van der Waals surface area contributed by atoms with Gasteiger partial charge >= 0.3 is 11.9 Å². The fourth-order valence-corrected chi connectivity index (χ4v) is 1.60. The van der Waals surface area contributed by atoms with E-state index < -0.39 is 23.9 Å². The molecule has 8 heteroatoms. The Hall–Kier alpha value is -2.45. The van der Waals surface area contributed by atoms with E-state index >= 15 is 0 Å². The summed E-state index contributed by atoms with van der Waals surface area (Å²) in [5.41, 5.74) is 3.34. The highest BCUT2D eigenvalue weighted by Crippen LogP contribution is 1.99. The number of aliphatic carboxylic acids is 2. The van der Waals surface area contributed by atoms with Gasteiger partial charge in [-0.25, -0.2) is 4.79 Å². The third-order valence-corrected chi connectivity index (χ3v) is 2.70. The van der Waals surface area contributed by atoms with Crippen LogP contribution in [0.25, 0.3) is 0 Å². The van der Waals surface area contributed by atoms with Gasteiger partial charge in [-0.2, -0.15) is 5.48 Å². The number of carboxylic acid groups (broad SMARTS) is 2. The molecule has 0 aliphatic carbocycles. The van der Waals surface area contributed by atoms with Crippen LogP contribution in [-0.4, -0.2) is 40.6 Å². The van der Waals surface area contributed by atoms with Crippen molar-refractivity contribution in [1.82, 2.24) is 10.8 Å². The van der Waals surface area contributed by atoms with Crippen LogP contribution < -0.4 is 10.8 Å². The molecule has 0 aliphatic rings. The predicted molar refractivity (Wildman–Crippen MR) is 75.7 cm³/mol. The van der Waals surface area contributed by atoms with Crippen LogP contribution in [0.5, 0.6) is 0 Å². The fraction of sp³-hybridized carbons (Fsp3) is 0.357. The van der Waals surface area contributed by atoms with E-state index in [1.54, 1.807) is 0 Å². The van der Waals surface area contributed by atoms with Crippen molar-refractivity contribution in [3.8, 4) is 0 Å². The van der Waals surface area contributed by atoms with E-state index in [0.29, 0.717) is 0 Å². The van der Waals surface area contributed by atoms with Crippen LogP contribution in [0.3, 0.4) is 0 Å². The predicted octanol–water partition coefficient (Wildman–Crippen LogP) is 0.142. The number of rotatable bonds is 10. The molecule has 1 amide bonds. The Morgan fingerprint density at radius 1 is 1.14 bits per heavy atom. The number of hydrogen-bond acceptors (Lipinski definition) is 5. The van der Waals surface area contributed by atoms with Crippen molar-refractivity contribution < 1.29 is 29.4 Å². The highest BCUT2D eigenvalue weighted by molar-refractivity contribution is 5.84. The largest absolute Gasteiger partial charge is 0.481 e. The van der Waals surface area contributed by atoms with Gasteiger partial charge < -0.3 is 15.5 Å². The lowest BCUT2D eigenvalue weighted by molar-refractivity contribution is -0.143. The molecule has 0 aromatic heterocycles. The fourth-order valence-electron chi connectivity index (χ4n) is 1.60. The van der Waals surface area contributed by atoms with Crippen LogP contribution in [0.1, 0.15) is 18.4 Å². The Balaban J connectivity index is 2.25. The van der Waals surface area contributed by atoms with Crippen molar-refractivity contribution in [2.24, 2.45) is 0 Å². The lowest BCUT2D eigenvalue weighted by atomic mass is 10.1. The van der Waals surface area contributed by atoms with Crippen LogP contribution in [0.2, 0.25) is 0 Å². The Morgan fingerprint density at radius 3 is 2.41 bits per heavy atom. The standard InChI is InChI=1S/C14H18N2O6/c17-12(16-11(14(20)21)6-7-13(18)19)8-15-22-9-10-4-2-1-3-5-10/h1-5,11,15H,6-9H2,(H,16,17)(H,18,19)(H,20,21). The molecule has 1 rings (SSSR count). The summed E-state index contributed by atoms with van der Waals surface area (Å²) in [7, 11) is 0. The van der Waals surface area contributed by atoms with Crippen LogP contribution in [0, 0.1) is 0 Å². The lowest BCUT2D eigenvalue weighted by Gasteiger charge is -2.13.